The van der Waals surface area contributed by atoms with Gasteiger partial charge in [-0.1, -0.05) is 31.2 Å². The van der Waals surface area contributed by atoms with Gasteiger partial charge in [-0.25, -0.2) is 0 Å². The first-order valence-corrected chi connectivity index (χ1v) is 8.19. The van der Waals surface area contributed by atoms with E-state index in [-0.39, 0.29) is 0 Å². The Morgan fingerprint density at radius 2 is 1.22 bits per heavy atom. The summed E-state index contributed by atoms with van der Waals surface area (Å²) in [5.41, 5.74) is 7.51. The Hall–Kier alpha value is -2.74. The summed E-state index contributed by atoms with van der Waals surface area (Å²) in [5.74, 6) is 0. The first-order chi connectivity index (χ1) is 11.2. The van der Waals surface area contributed by atoms with Crippen molar-refractivity contribution in [2.24, 2.45) is 0 Å². The van der Waals surface area contributed by atoms with Gasteiger partial charge in [-0.15, -0.1) is 0 Å². The molecule has 0 amide bonds. The van der Waals surface area contributed by atoms with Crippen LogP contribution in [0.2, 0.25) is 0 Å². The monoisotopic (exact) mass is 298 g/mol. The molecule has 2 heteroatoms. The van der Waals surface area contributed by atoms with Gasteiger partial charge in [-0.3, -0.25) is 0 Å². The zero-order valence-corrected chi connectivity index (χ0v) is 13.3. The molecular formula is C21H18N2. The fourth-order valence-corrected chi connectivity index (χ4v) is 3.69. The summed E-state index contributed by atoms with van der Waals surface area (Å²) in [6.45, 7) is 4.33. The van der Waals surface area contributed by atoms with Crippen LogP contribution >= 0.6 is 0 Å². The van der Waals surface area contributed by atoms with Crippen molar-refractivity contribution in [3.8, 4) is 0 Å². The number of rotatable bonds is 1. The van der Waals surface area contributed by atoms with E-state index < -0.39 is 0 Å². The van der Waals surface area contributed by atoms with Crippen molar-refractivity contribution >= 4 is 43.6 Å². The molecule has 0 saturated carbocycles. The van der Waals surface area contributed by atoms with Crippen LogP contribution in [-0.4, -0.2) is 9.97 Å². The molecule has 3 aromatic carbocycles. The summed E-state index contributed by atoms with van der Waals surface area (Å²) < 4.78 is 0. The number of benzene rings is 3. The van der Waals surface area contributed by atoms with Gasteiger partial charge in [-0.2, -0.15) is 0 Å². The minimum absolute atomic E-state index is 1.07. The average molecular weight is 298 g/mol. The minimum Gasteiger partial charge on any atom is -0.354 e. The van der Waals surface area contributed by atoms with Crippen LogP contribution < -0.4 is 0 Å². The van der Waals surface area contributed by atoms with Crippen LogP contribution in [0.25, 0.3) is 43.6 Å². The van der Waals surface area contributed by atoms with Crippen molar-refractivity contribution in [1.29, 1.82) is 0 Å². The highest BCUT2D eigenvalue weighted by molar-refractivity contribution is 6.17. The summed E-state index contributed by atoms with van der Waals surface area (Å²) in [6, 6.07) is 17.9. The molecule has 0 aliphatic carbocycles. The summed E-state index contributed by atoms with van der Waals surface area (Å²) in [5, 5.41) is 5.17. The highest BCUT2D eigenvalue weighted by Crippen LogP contribution is 2.33. The fraction of sp³-hybridized carbons (Fsp3) is 0.143. The molecule has 0 spiro atoms. The number of fused-ring (bicyclic) bond motifs is 6. The van der Waals surface area contributed by atoms with Crippen LogP contribution in [0.1, 0.15) is 18.1 Å². The molecule has 112 valence electrons. The predicted molar refractivity (Wildman–Crippen MR) is 99.3 cm³/mol. The van der Waals surface area contributed by atoms with Gasteiger partial charge in [0.05, 0.1) is 0 Å². The van der Waals surface area contributed by atoms with Crippen LogP contribution in [0.4, 0.5) is 0 Å². The molecule has 23 heavy (non-hydrogen) atoms. The number of aromatic amines is 2. The number of hydrogen-bond acceptors (Lipinski definition) is 0. The average Bonchev–Trinajstić information content (AvgIpc) is 3.08. The van der Waals surface area contributed by atoms with Crippen molar-refractivity contribution in [1.82, 2.24) is 9.97 Å². The molecule has 0 saturated heterocycles. The molecule has 5 rings (SSSR count). The van der Waals surface area contributed by atoms with Gasteiger partial charge >= 0.3 is 0 Å². The van der Waals surface area contributed by atoms with E-state index in [1.165, 1.54) is 54.7 Å². The molecule has 2 N–H and O–H groups in total. The van der Waals surface area contributed by atoms with Crippen molar-refractivity contribution in [3.05, 3.63) is 59.7 Å². The molecule has 0 unspecified atom stereocenters. The lowest BCUT2D eigenvalue weighted by Crippen LogP contribution is -1.78. The number of aryl methyl sites for hydroxylation is 2. The number of H-pyrrole nitrogens is 2. The van der Waals surface area contributed by atoms with Crippen LogP contribution in [0.3, 0.4) is 0 Å². The molecule has 5 aromatic rings. The second-order valence-electron chi connectivity index (χ2n) is 6.48. The maximum absolute atomic E-state index is 3.60. The maximum atomic E-state index is 3.60. The normalized spacial score (nSPS) is 12.1. The summed E-state index contributed by atoms with van der Waals surface area (Å²) in [7, 11) is 0. The van der Waals surface area contributed by atoms with E-state index in [1.807, 2.05) is 0 Å². The lowest BCUT2D eigenvalue weighted by molar-refractivity contribution is 1.14. The second kappa shape index (κ2) is 4.39. The third kappa shape index (κ3) is 1.75. The van der Waals surface area contributed by atoms with Crippen molar-refractivity contribution < 1.29 is 0 Å². The lowest BCUT2D eigenvalue weighted by atomic mass is 10.1. The standard InChI is InChI=1S/C21H18N2/c1-3-13-5-7-15-17-11-20-16(10-21(17)23-19(15)9-13)14-6-4-12(2)8-18(14)22-20/h4-11,22-23H,3H2,1-2H3. The zero-order valence-electron chi connectivity index (χ0n) is 13.3. The van der Waals surface area contributed by atoms with Crippen LogP contribution in [0.15, 0.2) is 48.5 Å². The Morgan fingerprint density at radius 3 is 1.87 bits per heavy atom. The quantitative estimate of drug-likeness (QED) is 0.390. The van der Waals surface area contributed by atoms with Gasteiger partial charge in [0, 0.05) is 43.6 Å². The first-order valence-electron chi connectivity index (χ1n) is 8.19. The molecule has 0 aliphatic heterocycles. The van der Waals surface area contributed by atoms with Crippen molar-refractivity contribution in [2.45, 2.75) is 20.3 Å². The van der Waals surface area contributed by atoms with Crippen LogP contribution in [0.5, 0.6) is 0 Å². The second-order valence-corrected chi connectivity index (χ2v) is 6.48. The Bertz CT molecular complexity index is 1200. The van der Waals surface area contributed by atoms with Gasteiger partial charge in [0.1, 0.15) is 0 Å². The van der Waals surface area contributed by atoms with E-state index in [0.717, 1.165) is 6.42 Å². The molecule has 2 aromatic heterocycles. The highest BCUT2D eigenvalue weighted by Gasteiger charge is 2.10. The Labute approximate surface area is 134 Å². The third-order valence-corrected chi connectivity index (χ3v) is 4.94. The van der Waals surface area contributed by atoms with E-state index in [1.54, 1.807) is 0 Å². The Morgan fingerprint density at radius 1 is 0.652 bits per heavy atom. The fourth-order valence-electron chi connectivity index (χ4n) is 3.69. The van der Waals surface area contributed by atoms with Gasteiger partial charge in [-0.05, 0) is 48.7 Å². The summed E-state index contributed by atoms with van der Waals surface area (Å²) in [6.07, 6.45) is 1.07. The highest BCUT2D eigenvalue weighted by atomic mass is 14.7. The first kappa shape index (κ1) is 12.8. The maximum Gasteiger partial charge on any atom is 0.0472 e. The lowest BCUT2D eigenvalue weighted by Gasteiger charge is -1.96. The Kier molecular flexibility index (Phi) is 2.44. The van der Waals surface area contributed by atoms with Gasteiger partial charge in [0.2, 0.25) is 0 Å². The topological polar surface area (TPSA) is 31.6 Å². The van der Waals surface area contributed by atoms with E-state index in [4.69, 9.17) is 0 Å². The van der Waals surface area contributed by atoms with E-state index in [0.29, 0.717) is 0 Å². The smallest absolute Gasteiger partial charge is 0.0472 e. The Balaban J connectivity index is 1.91. The van der Waals surface area contributed by atoms with Gasteiger partial charge < -0.3 is 9.97 Å². The van der Waals surface area contributed by atoms with E-state index in [2.05, 4.69) is 72.3 Å². The zero-order chi connectivity index (χ0) is 15.6. The molecular weight excluding hydrogens is 280 g/mol. The number of hydrogen-bond donors (Lipinski definition) is 2. The third-order valence-electron chi connectivity index (χ3n) is 4.94. The summed E-state index contributed by atoms with van der Waals surface area (Å²) in [4.78, 5) is 7.17. The molecule has 0 atom stereocenters. The number of aromatic nitrogens is 2. The molecule has 0 aliphatic rings. The summed E-state index contributed by atoms with van der Waals surface area (Å²) >= 11 is 0. The van der Waals surface area contributed by atoms with Gasteiger partial charge in [0.25, 0.3) is 0 Å². The van der Waals surface area contributed by atoms with Crippen molar-refractivity contribution in [3.63, 3.8) is 0 Å². The SMILES string of the molecule is CCc1ccc2c(c1)[nH]c1cc3c(cc12)[nH]c1cc(C)ccc13. The largest absolute Gasteiger partial charge is 0.354 e. The molecule has 0 radical (unpaired) electrons. The van der Waals surface area contributed by atoms with Crippen LogP contribution in [0, 0.1) is 6.92 Å². The van der Waals surface area contributed by atoms with E-state index in [9.17, 15) is 0 Å². The molecule has 2 nitrogen and oxygen atoms in total. The van der Waals surface area contributed by atoms with Crippen molar-refractivity contribution in [2.75, 3.05) is 0 Å². The van der Waals surface area contributed by atoms with Crippen LogP contribution in [-0.2, 0) is 6.42 Å². The van der Waals surface area contributed by atoms with Gasteiger partial charge in [0.15, 0.2) is 0 Å². The number of nitrogens with one attached hydrogen (secondary N) is 2. The minimum atomic E-state index is 1.07. The molecule has 0 fully saturated rings. The molecule has 2 heterocycles. The predicted octanol–water partition coefficient (Wildman–Crippen LogP) is 5.83. The molecule has 0 bridgehead atoms. The van der Waals surface area contributed by atoms with E-state index >= 15 is 0 Å².